The van der Waals surface area contributed by atoms with Gasteiger partial charge in [-0.2, -0.15) is 13.2 Å². The minimum absolute atomic E-state index is 0.0287. The number of alkyl halides is 3. The molecule has 0 fully saturated rings. The van der Waals surface area contributed by atoms with Crippen LogP contribution >= 0.6 is 0 Å². The van der Waals surface area contributed by atoms with Gasteiger partial charge in [-0.1, -0.05) is 6.07 Å². The van der Waals surface area contributed by atoms with Crippen LogP contribution in [0.5, 0.6) is 0 Å². The summed E-state index contributed by atoms with van der Waals surface area (Å²) in [5.74, 6) is 0.0287. The number of pyridine rings is 1. The van der Waals surface area contributed by atoms with Crippen molar-refractivity contribution in [1.82, 2.24) is 4.98 Å². The van der Waals surface area contributed by atoms with Gasteiger partial charge in [0.25, 0.3) is 11.4 Å². The SMILES string of the molecule is Cc1cccc(Nc2c([N+](=O)[O-])cc(C(F)(F)F)cc2[N+](=O)[O-])n1. The van der Waals surface area contributed by atoms with Crippen LogP contribution in [0.4, 0.5) is 36.1 Å². The molecule has 0 bridgehead atoms. The van der Waals surface area contributed by atoms with E-state index in [-0.39, 0.29) is 18.0 Å². The number of hydrogen-bond acceptors (Lipinski definition) is 6. The Bertz CT molecular complexity index is 788. The number of nitrogens with one attached hydrogen (secondary N) is 1. The van der Waals surface area contributed by atoms with Gasteiger partial charge < -0.3 is 5.32 Å². The fraction of sp³-hybridized carbons (Fsp3) is 0.154. The van der Waals surface area contributed by atoms with E-state index in [9.17, 15) is 33.4 Å². The van der Waals surface area contributed by atoms with Crippen molar-refractivity contribution in [3.05, 3.63) is 61.8 Å². The summed E-state index contributed by atoms with van der Waals surface area (Å²) in [4.78, 5) is 23.9. The molecule has 11 heteroatoms. The molecule has 0 unspecified atom stereocenters. The smallest absolute Gasteiger partial charge is 0.329 e. The lowest BCUT2D eigenvalue weighted by Gasteiger charge is -2.11. The van der Waals surface area contributed by atoms with Gasteiger partial charge in [0.15, 0.2) is 5.69 Å². The molecule has 0 aliphatic rings. The molecule has 1 N–H and O–H groups in total. The highest BCUT2D eigenvalue weighted by Crippen LogP contribution is 2.42. The first-order valence-electron chi connectivity index (χ1n) is 6.34. The van der Waals surface area contributed by atoms with Crippen molar-refractivity contribution in [3.63, 3.8) is 0 Å². The van der Waals surface area contributed by atoms with E-state index in [0.717, 1.165) is 0 Å². The van der Waals surface area contributed by atoms with Gasteiger partial charge >= 0.3 is 6.18 Å². The second-order valence-corrected chi connectivity index (χ2v) is 4.69. The highest BCUT2D eigenvalue weighted by atomic mass is 19.4. The zero-order valence-electron chi connectivity index (χ0n) is 12.0. The maximum absolute atomic E-state index is 12.8. The van der Waals surface area contributed by atoms with Crippen molar-refractivity contribution in [3.8, 4) is 0 Å². The second-order valence-electron chi connectivity index (χ2n) is 4.69. The van der Waals surface area contributed by atoms with E-state index in [2.05, 4.69) is 10.3 Å². The van der Waals surface area contributed by atoms with E-state index in [1.165, 1.54) is 12.1 Å². The Balaban J connectivity index is 2.68. The van der Waals surface area contributed by atoms with Crippen molar-refractivity contribution >= 4 is 22.9 Å². The summed E-state index contributed by atoms with van der Waals surface area (Å²) in [7, 11) is 0. The molecule has 0 amide bonds. The Morgan fingerprint density at radius 3 is 2.04 bits per heavy atom. The van der Waals surface area contributed by atoms with Gasteiger partial charge in [0.05, 0.1) is 15.4 Å². The maximum Gasteiger partial charge on any atom is 0.416 e. The molecular weight excluding hydrogens is 333 g/mol. The van der Waals surface area contributed by atoms with Gasteiger partial charge in [-0.25, -0.2) is 4.98 Å². The number of aromatic nitrogens is 1. The van der Waals surface area contributed by atoms with Crippen LogP contribution in [-0.2, 0) is 6.18 Å². The molecule has 2 rings (SSSR count). The number of hydrogen-bond donors (Lipinski definition) is 1. The summed E-state index contributed by atoms with van der Waals surface area (Å²) >= 11 is 0. The van der Waals surface area contributed by atoms with E-state index < -0.39 is 38.6 Å². The Kier molecular flexibility index (Phi) is 4.35. The highest BCUT2D eigenvalue weighted by molar-refractivity contribution is 5.79. The van der Waals surface area contributed by atoms with Crippen molar-refractivity contribution in [2.75, 3.05) is 5.32 Å². The minimum Gasteiger partial charge on any atom is -0.329 e. The molecule has 0 aliphatic carbocycles. The third kappa shape index (κ3) is 3.56. The zero-order valence-corrected chi connectivity index (χ0v) is 12.0. The summed E-state index contributed by atoms with van der Waals surface area (Å²) in [6.45, 7) is 1.61. The molecule has 0 saturated heterocycles. The first-order valence-corrected chi connectivity index (χ1v) is 6.34. The lowest BCUT2D eigenvalue weighted by molar-refractivity contribution is -0.392. The minimum atomic E-state index is -4.96. The number of anilines is 2. The van der Waals surface area contributed by atoms with Gasteiger partial charge in [-0.15, -0.1) is 0 Å². The third-order valence-corrected chi connectivity index (χ3v) is 2.96. The van der Waals surface area contributed by atoms with Gasteiger partial charge in [0.1, 0.15) is 5.82 Å². The summed E-state index contributed by atoms with van der Waals surface area (Å²) in [5.41, 5.74) is -3.78. The van der Waals surface area contributed by atoms with Crippen LogP contribution in [-0.4, -0.2) is 14.8 Å². The Morgan fingerprint density at radius 1 is 1.08 bits per heavy atom. The number of aryl methyl sites for hydroxylation is 1. The van der Waals surface area contributed by atoms with Crippen molar-refractivity contribution in [2.24, 2.45) is 0 Å². The Labute approximate surface area is 132 Å². The van der Waals surface area contributed by atoms with Gasteiger partial charge in [0.2, 0.25) is 0 Å². The fourth-order valence-corrected chi connectivity index (χ4v) is 1.93. The molecule has 1 aromatic carbocycles. The van der Waals surface area contributed by atoms with Crippen molar-refractivity contribution in [2.45, 2.75) is 13.1 Å². The van der Waals surface area contributed by atoms with Gasteiger partial charge in [-0.3, -0.25) is 20.2 Å². The molecule has 0 radical (unpaired) electrons. The molecule has 126 valence electrons. The van der Waals surface area contributed by atoms with E-state index in [4.69, 9.17) is 0 Å². The molecule has 1 heterocycles. The van der Waals surface area contributed by atoms with Crippen LogP contribution in [0.15, 0.2) is 30.3 Å². The van der Waals surface area contributed by atoms with Crippen molar-refractivity contribution in [1.29, 1.82) is 0 Å². The predicted molar refractivity (Wildman–Crippen MR) is 77.0 cm³/mol. The average molecular weight is 342 g/mol. The van der Waals surface area contributed by atoms with Gasteiger partial charge in [-0.05, 0) is 19.1 Å². The van der Waals surface area contributed by atoms with Crippen LogP contribution < -0.4 is 5.32 Å². The fourth-order valence-electron chi connectivity index (χ4n) is 1.93. The molecule has 0 spiro atoms. The molecule has 0 saturated carbocycles. The number of halogens is 3. The Morgan fingerprint density at radius 2 is 1.62 bits per heavy atom. The number of nitrogens with zero attached hydrogens (tertiary/aromatic N) is 3. The number of benzene rings is 1. The zero-order chi connectivity index (χ0) is 18.1. The quantitative estimate of drug-likeness (QED) is 0.665. The van der Waals surface area contributed by atoms with Crippen LogP contribution in [0.3, 0.4) is 0 Å². The van der Waals surface area contributed by atoms with Crippen molar-refractivity contribution < 1.29 is 23.0 Å². The first kappa shape index (κ1) is 17.1. The standard InChI is InChI=1S/C13H9F3N4O4/c1-7-3-2-4-11(17-7)18-12-9(19(21)22)5-8(13(14,15)16)6-10(12)20(23)24/h2-6H,1H3,(H,17,18). The molecule has 2 aromatic rings. The highest BCUT2D eigenvalue weighted by Gasteiger charge is 2.37. The molecule has 24 heavy (non-hydrogen) atoms. The third-order valence-electron chi connectivity index (χ3n) is 2.96. The van der Waals surface area contributed by atoms with Crippen LogP contribution in [0, 0.1) is 27.2 Å². The normalized spacial score (nSPS) is 11.2. The van der Waals surface area contributed by atoms with E-state index in [1.807, 2.05) is 0 Å². The first-order chi connectivity index (χ1) is 11.1. The maximum atomic E-state index is 12.8. The second kappa shape index (κ2) is 6.10. The van der Waals surface area contributed by atoms with E-state index in [0.29, 0.717) is 5.69 Å². The monoisotopic (exact) mass is 342 g/mol. The van der Waals surface area contributed by atoms with E-state index >= 15 is 0 Å². The summed E-state index contributed by atoms with van der Waals surface area (Å²) in [5, 5.41) is 24.5. The molecular formula is C13H9F3N4O4. The Hall–Kier alpha value is -3.24. The molecule has 8 nitrogen and oxygen atoms in total. The summed E-state index contributed by atoms with van der Waals surface area (Å²) in [6, 6.07) is 5.00. The van der Waals surface area contributed by atoms with Crippen LogP contribution in [0.1, 0.15) is 11.3 Å². The summed E-state index contributed by atoms with van der Waals surface area (Å²) < 4.78 is 38.4. The summed E-state index contributed by atoms with van der Waals surface area (Å²) in [6.07, 6.45) is -4.96. The average Bonchev–Trinajstić information content (AvgIpc) is 2.45. The lowest BCUT2D eigenvalue weighted by atomic mass is 10.1. The largest absolute Gasteiger partial charge is 0.416 e. The van der Waals surface area contributed by atoms with Crippen LogP contribution in [0.25, 0.3) is 0 Å². The number of nitro benzene ring substituents is 2. The lowest BCUT2D eigenvalue weighted by Crippen LogP contribution is -2.09. The molecule has 1 aromatic heterocycles. The number of rotatable bonds is 4. The van der Waals surface area contributed by atoms with Gasteiger partial charge in [0, 0.05) is 17.8 Å². The number of nitro groups is 2. The van der Waals surface area contributed by atoms with E-state index in [1.54, 1.807) is 13.0 Å². The molecule has 0 atom stereocenters. The topological polar surface area (TPSA) is 111 Å². The van der Waals surface area contributed by atoms with Crippen LogP contribution in [0.2, 0.25) is 0 Å². The molecule has 0 aliphatic heterocycles. The predicted octanol–water partition coefficient (Wildman–Crippen LogP) is 3.97.